The van der Waals surface area contributed by atoms with Gasteiger partial charge < -0.3 is 5.32 Å². The average Bonchev–Trinajstić information content (AvgIpc) is 2.76. The van der Waals surface area contributed by atoms with Crippen LogP contribution in [-0.2, 0) is 6.54 Å². The molecule has 17 heavy (non-hydrogen) atoms. The van der Waals surface area contributed by atoms with E-state index in [0.717, 1.165) is 6.07 Å². The second-order valence-electron chi connectivity index (χ2n) is 3.23. The molecule has 86 valence electrons. The summed E-state index contributed by atoms with van der Waals surface area (Å²) >= 11 is 1.18. The summed E-state index contributed by atoms with van der Waals surface area (Å²) in [5.41, 5.74) is 0.347. The molecule has 1 heterocycles. The second-order valence-corrected chi connectivity index (χ2v) is 4.26. The molecule has 1 N–H and O–H groups in total. The van der Waals surface area contributed by atoms with E-state index >= 15 is 0 Å². The molecule has 0 bridgehead atoms. The van der Waals surface area contributed by atoms with Crippen molar-refractivity contribution < 1.29 is 8.78 Å². The van der Waals surface area contributed by atoms with Gasteiger partial charge in [0.2, 0.25) is 0 Å². The molecule has 0 aliphatic heterocycles. The molecule has 1 aromatic heterocycles. The minimum Gasteiger partial charge on any atom is -0.357 e. The number of thiazole rings is 1. The molecule has 2 rings (SSSR count). The summed E-state index contributed by atoms with van der Waals surface area (Å²) in [5.74, 6) is -1.21. The molecule has 3 nitrogen and oxygen atoms in total. The molecule has 1 aromatic carbocycles. The molecule has 0 aliphatic carbocycles. The molecule has 0 spiro atoms. The first-order chi connectivity index (χ1) is 8.19. The highest BCUT2D eigenvalue weighted by molar-refractivity contribution is 7.16. The predicted octanol–water partition coefficient (Wildman–Crippen LogP) is 2.91. The third kappa shape index (κ3) is 2.77. The van der Waals surface area contributed by atoms with E-state index < -0.39 is 11.6 Å². The van der Waals surface area contributed by atoms with Crippen molar-refractivity contribution in [1.82, 2.24) is 4.98 Å². The Kier molecular flexibility index (Phi) is 3.30. The molecule has 0 aliphatic rings. The highest BCUT2D eigenvalue weighted by Gasteiger charge is 2.05. The van der Waals surface area contributed by atoms with Crippen molar-refractivity contribution in [2.45, 2.75) is 6.54 Å². The number of hydrogen-bond donors (Lipinski definition) is 1. The molecule has 0 unspecified atom stereocenters. The van der Waals surface area contributed by atoms with Crippen LogP contribution in [0.25, 0.3) is 0 Å². The van der Waals surface area contributed by atoms with E-state index in [-0.39, 0.29) is 6.54 Å². The summed E-state index contributed by atoms with van der Waals surface area (Å²) in [4.78, 5) is 4.42. The first kappa shape index (κ1) is 11.5. The smallest absolute Gasteiger partial charge is 0.184 e. The van der Waals surface area contributed by atoms with E-state index in [1.807, 2.05) is 6.07 Å². The van der Waals surface area contributed by atoms with Crippen LogP contribution in [0.5, 0.6) is 0 Å². The molecular weight excluding hydrogens is 244 g/mol. The molecule has 0 amide bonds. The average molecular weight is 251 g/mol. The van der Waals surface area contributed by atoms with Gasteiger partial charge in [-0.2, -0.15) is 5.26 Å². The zero-order valence-electron chi connectivity index (χ0n) is 8.58. The zero-order valence-corrected chi connectivity index (χ0v) is 9.39. The van der Waals surface area contributed by atoms with Gasteiger partial charge in [-0.05, 0) is 6.07 Å². The van der Waals surface area contributed by atoms with Crippen LogP contribution in [0.15, 0.2) is 24.4 Å². The number of nitrogens with one attached hydrogen (secondary N) is 1. The van der Waals surface area contributed by atoms with E-state index in [2.05, 4.69) is 10.3 Å². The molecule has 2 aromatic rings. The summed E-state index contributed by atoms with van der Waals surface area (Å²) < 4.78 is 25.9. The van der Waals surface area contributed by atoms with Crippen molar-refractivity contribution in [3.05, 3.63) is 46.5 Å². The lowest BCUT2D eigenvalue weighted by molar-refractivity contribution is 0.574. The Morgan fingerprint density at radius 1 is 1.41 bits per heavy atom. The number of halogens is 2. The molecule has 6 heteroatoms. The van der Waals surface area contributed by atoms with E-state index in [4.69, 9.17) is 5.26 Å². The van der Waals surface area contributed by atoms with Gasteiger partial charge in [-0.3, -0.25) is 0 Å². The van der Waals surface area contributed by atoms with Crippen molar-refractivity contribution >= 4 is 16.5 Å². The predicted molar refractivity (Wildman–Crippen MR) is 60.5 cm³/mol. The molecule has 0 saturated carbocycles. The van der Waals surface area contributed by atoms with E-state index in [1.54, 1.807) is 0 Å². The Bertz CT molecular complexity index is 574. The maximum Gasteiger partial charge on any atom is 0.184 e. The fourth-order valence-corrected chi connectivity index (χ4v) is 1.85. The Balaban J connectivity index is 2.05. The van der Waals surface area contributed by atoms with Crippen molar-refractivity contribution in [3.63, 3.8) is 0 Å². The lowest BCUT2D eigenvalue weighted by Crippen LogP contribution is -2.01. The van der Waals surface area contributed by atoms with E-state index in [9.17, 15) is 8.78 Å². The molecule has 0 fully saturated rings. The Morgan fingerprint density at radius 3 is 2.88 bits per heavy atom. The Morgan fingerprint density at radius 2 is 2.24 bits per heavy atom. The summed E-state index contributed by atoms with van der Waals surface area (Å²) in [6.07, 6.45) is 1.44. The van der Waals surface area contributed by atoms with Crippen LogP contribution in [0.3, 0.4) is 0 Å². The quantitative estimate of drug-likeness (QED) is 0.912. The summed E-state index contributed by atoms with van der Waals surface area (Å²) in [6.45, 7) is 0.199. The van der Waals surface area contributed by atoms with Gasteiger partial charge in [0.05, 0.1) is 6.20 Å². The standard InChI is InChI=1S/C11H7F2N3S/c12-8-2-1-7(10(13)3-8)5-15-11-16-6-9(4-14)17-11/h1-3,6H,5H2,(H,15,16). The van der Waals surface area contributed by atoms with Gasteiger partial charge in [-0.15, -0.1) is 0 Å². The van der Waals surface area contributed by atoms with Crippen LogP contribution in [-0.4, -0.2) is 4.98 Å². The number of benzene rings is 1. The van der Waals surface area contributed by atoms with Gasteiger partial charge in [-0.25, -0.2) is 13.8 Å². The Hall–Kier alpha value is -2.00. The van der Waals surface area contributed by atoms with E-state index in [0.29, 0.717) is 15.6 Å². The van der Waals surface area contributed by atoms with Crippen LogP contribution in [0.1, 0.15) is 10.4 Å². The second kappa shape index (κ2) is 4.89. The SMILES string of the molecule is N#Cc1cnc(NCc2ccc(F)cc2F)s1. The fraction of sp³-hybridized carbons (Fsp3) is 0.0909. The summed E-state index contributed by atoms with van der Waals surface area (Å²) in [6, 6.07) is 5.36. The molecule has 0 radical (unpaired) electrons. The van der Waals surface area contributed by atoms with Crippen molar-refractivity contribution in [2.75, 3.05) is 5.32 Å². The lowest BCUT2D eigenvalue weighted by atomic mass is 10.2. The molecular formula is C11H7F2N3S. The van der Waals surface area contributed by atoms with Crippen molar-refractivity contribution in [1.29, 1.82) is 5.26 Å². The van der Waals surface area contributed by atoms with Crippen LogP contribution >= 0.6 is 11.3 Å². The summed E-state index contributed by atoms with van der Waals surface area (Å²) in [7, 11) is 0. The van der Waals surface area contributed by atoms with Gasteiger partial charge in [0.15, 0.2) is 5.13 Å². The topological polar surface area (TPSA) is 48.7 Å². The van der Waals surface area contributed by atoms with Crippen LogP contribution in [0, 0.1) is 23.0 Å². The van der Waals surface area contributed by atoms with Gasteiger partial charge in [0.25, 0.3) is 0 Å². The van der Waals surface area contributed by atoms with Crippen LogP contribution in [0.4, 0.5) is 13.9 Å². The maximum atomic E-state index is 13.3. The number of rotatable bonds is 3. The van der Waals surface area contributed by atoms with E-state index in [1.165, 1.54) is 29.7 Å². The number of anilines is 1. The highest BCUT2D eigenvalue weighted by Crippen LogP contribution is 2.18. The molecule has 0 atom stereocenters. The van der Waals surface area contributed by atoms with Gasteiger partial charge >= 0.3 is 0 Å². The number of nitrogens with zero attached hydrogens (tertiary/aromatic N) is 2. The largest absolute Gasteiger partial charge is 0.357 e. The highest BCUT2D eigenvalue weighted by atomic mass is 32.1. The van der Waals surface area contributed by atoms with Crippen molar-refractivity contribution in [3.8, 4) is 6.07 Å². The minimum absolute atomic E-state index is 0.199. The number of aromatic nitrogens is 1. The number of nitriles is 1. The first-order valence-electron chi connectivity index (χ1n) is 4.73. The van der Waals surface area contributed by atoms with Gasteiger partial charge in [-0.1, -0.05) is 17.4 Å². The third-order valence-corrected chi connectivity index (χ3v) is 2.92. The summed E-state index contributed by atoms with van der Waals surface area (Å²) in [5, 5.41) is 12.0. The van der Waals surface area contributed by atoms with Crippen LogP contribution in [0.2, 0.25) is 0 Å². The van der Waals surface area contributed by atoms with Gasteiger partial charge in [0, 0.05) is 18.2 Å². The third-order valence-electron chi connectivity index (χ3n) is 2.06. The minimum atomic E-state index is -0.604. The number of hydrogen-bond acceptors (Lipinski definition) is 4. The first-order valence-corrected chi connectivity index (χ1v) is 5.54. The van der Waals surface area contributed by atoms with Crippen LogP contribution < -0.4 is 5.32 Å². The lowest BCUT2D eigenvalue weighted by Gasteiger charge is -2.04. The van der Waals surface area contributed by atoms with Gasteiger partial charge in [0.1, 0.15) is 22.6 Å². The Labute approximate surface area is 100 Å². The monoisotopic (exact) mass is 251 g/mol. The maximum absolute atomic E-state index is 13.3. The molecule has 0 saturated heterocycles. The normalized spacial score (nSPS) is 9.94. The zero-order chi connectivity index (χ0) is 12.3. The van der Waals surface area contributed by atoms with Crippen molar-refractivity contribution in [2.24, 2.45) is 0 Å². The fourth-order valence-electron chi connectivity index (χ4n) is 1.24.